The molecule has 1 aromatic carbocycles. The quantitative estimate of drug-likeness (QED) is 0.785. The van der Waals surface area contributed by atoms with Gasteiger partial charge in [0.15, 0.2) is 0 Å². The number of benzene rings is 1. The number of rotatable bonds is 6. The number of anilines is 1. The topological polar surface area (TPSA) is 70.7 Å². The van der Waals surface area contributed by atoms with E-state index in [1.165, 1.54) is 0 Å². The second kappa shape index (κ2) is 8.36. The Hall–Kier alpha value is -1.34. The summed E-state index contributed by atoms with van der Waals surface area (Å²) < 4.78 is 5.29. The van der Waals surface area contributed by atoms with Gasteiger partial charge < -0.3 is 15.4 Å². The van der Waals surface area contributed by atoms with Gasteiger partial charge in [-0.05, 0) is 24.6 Å². The van der Waals surface area contributed by atoms with Gasteiger partial charge in [0.05, 0.1) is 25.0 Å². The normalized spacial score (nSPS) is 23.1. The highest BCUT2D eigenvalue weighted by molar-refractivity contribution is 6.35. The molecule has 0 spiro atoms. The summed E-state index contributed by atoms with van der Waals surface area (Å²) in [6, 6.07) is 4.86. The zero-order valence-electron chi connectivity index (χ0n) is 13.8. The van der Waals surface area contributed by atoms with Crippen LogP contribution in [0.15, 0.2) is 18.2 Å². The molecule has 1 saturated heterocycles. The number of morpholine rings is 1. The van der Waals surface area contributed by atoms with Gasteiger partial charge in [-0.25, -0.2) is 0 Å². The number of nitrogens with zero attached hydrogens (tertiary/aromatic N) is 1. The van der Waals surface area contributed by atoms with Crippen LogP contribution in [0, 0.1) is 11.8 Å². The van der Waals surface area contributed by atoms with Crippen LogP contribution >= 0.6 is 23.2 Å². The van der Waals surface area contributed by atoms with Gasteiger partial charge in [-0.3, -0.25) is 14.5 Å². The Kier molecular flexibility index (Phi) is 6.17. The summed E-state index contributed by atoms with van der Waals surface area (Å²) in [5, 5.41) is 6.59. The molecule has 8 heteroatoms. The third-order valence-corrected chi connectivity index (χ3v) is 4.86. The Bertz CT molecular complexity index is 630. The summed E-state index contributed by atoms with van der Waals surface area (Å²) in [5.74, 6) is -0.773. The van der Waals surface area contributed by atoms with Crippen molar-refractivity contribution in [1.29, 1.82) is 0 Å². The molecule has 0 radical (unpaired) electrons. The average molecular weight is 386 g/mol. The Morgan fingerprint density at radius 1 is 1.08 bits per heavy atom. The molecule has 2 aliphatic rings. The summed E-state index contributed by atoms with van der Waals surface area (Å²) in [6.45, 7) is 4.67. The van der Waals surface area contributed by atoms with Crippen LogP contribution in [0.1, 0.15) is 6.42 Å². The lowest BCUT2D eigenvalue weighted by Gasteiger charge is -2.26. The van der Waals surface area contributed by atoms with E-state index in [1.807, 2.05) is 0 Å². The van der Waals surface area contributed by atoms with E-state index >= 15 is 0 Å². The SMILES string of the molecule is O=C(NCCN1CCOCC1)C1CC1C(=O)Nc1cc(Cl)cc(Cl)c1. The van der Waals surface area contributed by atoms with Crippen molar-refractivity contribution in [2.75, 3.05) is 44.7 Å². The summed E-state index contributed by atoms with van der Waals surface area (Å²) >= 11 is 11.8. The number of nitrogens with one attached hydrogen (secondary N) is 2. The molecule has 1 aromatic rings. The first-order valence-electron chi connectivity index (χ1n) is 8.38. The molecule has 136 valence electrons. The summed E-state index contributed by atoms with van der Waals surface area (Å²) in [7, 11) is 0. The summed E-state index contributed by atoms with van der Waals surface area (Å²) in [6.07, 6.45) is 0.573. The van der Waals surface area contributed by atoms with Crippen LogP contribution in [0.2, 0.25) is 10.0 Å². The van der Waals surface area contributed by atoms with E-state index < -0.39 is 0 Å². The zero-order valence-corrected chi connectivity index (χ0v) is 15.3. The number of amides is 2. The van der Waals surface area contributed by atoms with Crippen LogP contribution in [-0.2, 0) is 14.3 Å². The first kappa shape index (κ1) is 18.5. The second-order valence-corrected chi connectivity index (χ2v) is 7.21. The monoisotopic (exact) mass is 385 g/mol. The Morgan fingerprint density at radius 2 is 1.72 bits per heavy atom. The first-order chi connectivity index (χ1) is 12.0. The van der Waals surface area contributed by atoms with E-state index in [1.54, 1.807) is 18.2 Å². The molecular formula is C17H21Cl2N3O3. The molecular weight excluding hydrogens is 365 g/mol. The lowest BCUT2D eigenvalue weighted by molar-refractivity contribution is -0.125. The van der Waals surface area contributed by atoms with E-state index in [0.717, 1.165) is 32.8 Å². The molecule has 2 unspecified atom stereocenters. The smallest absolute Gasteiger partial charge is 0.228 e. The molecule has 2 N–H and O–H groups in total. The average Bonchev–Trinajstić information content (AvgIpc) is 3.35. The van der Waals surface area contributed by atoms with Crippen LogP contribution in [0.3, 0.4) is 0 Å². The van der Waals surface area contributed by atoms with Crippen molar-refractivity contribution in [3.05, 3.63) is 28.2 Å². The van der Waals surface area contributed by atoms with Crippen LogP contribution in [0.4, 0.5) is 5.69 Å². The molecule has 0 aromatic heterocycles. The van der Waals surface area contributed by atoms with E-state index in [2.05, 4.69) is 15.5 Å². The minimum absolute atomic E-state index is 0.0578. The zero-order chi connectivity index (χ0) is 17.8. The van der Waals surface area contributed by atoms with Gasteiger partial charge in [-0.1, -0.05) is 23.2 Å². The number of carbonyl (C=O) groups excluding carboxylic acids is 2. The highest BCUT2D eigenvalue weighted by Gasteiger charge is 2.47. The minimum Gasteiger partial charge on any atom is -0.379 e. The van der Waals surface area contributed by atoms with E-state index in [-0.39, 0.29) is 23.7 Å². The molecule has 3 rings (SSSR count). The lowest BCUT2D eigenvalue weighted by atomic mass is 10.2. The van der Waals surface area contributed by atoms with Gasteiger partial charge in [-0.2, -0.15) is 0 Å². The van der Waals surface area contributed by atoms with Crippen molar-refractivity contribution in [3.8, 4) is 0 Å². The van der Waals surface area contributed by atoms with Crippen molar-refractivity contribution in [2.24, 2.45) is 11.8 Å². The maximum Gasteiger partial charge on any atom is 0.228 e. The first-order valence-corrected chi connectivity index (χ1v) is 9.13. The van der Waals surface area contributed by atoms with Crippen molar-refractivity contribution < 1.29 is 14.3 Å². The predicted molar refractivity (Wildman–Crippen MR) is 97.0 cm³/mol. The maximum absolute atomic E-state index is 12.2. The highest BCUT2D eigenvalue weighted by Crippen LogP contribution is 2.39. The molecule has 1 saturated carbocycles. The second-order valence-electron chi connectivity index (χ2n) is 6.34. The summed E-state index contributed by atoms with van der Waals surface area (Å²) in [4.78, 5) is 26.6. The molecule has 1 aliphatic carbocycles. The largest absolute Gasteiger partial charge is 0.379 e. The molecule has 2 fully saturated rings. The van der Waals surface area contributed by atoms with Crippen LogP contribution in [-0.4, -0.2) is 56.1 Å². The fraction of sp³-hybridized carbons (Fsp3) is 0.529. The lowest BCUT2D eigenvalue weighted by Crippen LogP contribution is -2.41. The fourth-order valence-electron chi connectivity index (χ4n) is 2.93. The summed E-state index contributed by atoms with van der Waals surface area (Å²) in [5.41, 5.74) is 0.542. The standard InChI is InChI=1S/C17H21Cl2N3O3/c18-11-7-12(19)9-13(8-11)21-17(24)15-10-14(15)16(23)20-1-2-22-3-5-25-6-4-22/h7-9,14-15H,1-6,10H2,(H,20,23)(H,21,24). The van der Waals surface area contributed by atoms with Gasteiger partial charge in [0.1, 0.15) is 0 Å². The Labute approximate surface area is 156 Å². The van der Waals surface area contributed by atoms with E-state index in [0.29, 0.717) is 28.7 Å². The predicted octanol–water partition coefficient (Wildman–Crippen LogP) is 2.02. The minimum atomic E-state index is -0.291. The number of hydrogen-bond acceptors (Lipinski definition) is 4. The third-order valence-electron chi connectivity index (χ3n) is 4.43. The molecule has 1 heterocycles. The van der Waals surface area contributed by atoms with Gasteiger partial charge in [0.25, 0.3) is 0 Å². The highest BCUT2D eigenvalue weighted by atomic mass is 35.5. The Morgan fingerprint density at radius 3 is 2.40 bits per heavy atom. The molecule has 0 bridgehead atoms. The van der Waals surface area contributed by atoms with Gasteiger partial charge in [-0.15, -0.1) is 0 Å². The number of ether oxygens (including phenoxy) is 1. The molecule has 2 amide bonds. The number of halogens is 2. The van der Waals surface area contributed by atoms with Gasteiger partial charge in [0.2, 0.25) is 11.8 Å². The number of carbonyl (C=O) groups is 2. The van der Waals surface area contributed by atoms with Gasteiger partial charge in [0, 0.05) is 41.9 Å². The fourth-order valence-corrected chi connectivity index (χ4v) is 3.45. The van der Waals surface area contributed by atoms with Crippen molar-refractivity contribution in [3.63, 3.8) is 0 Å². The molecule has 2 atom stereocenters. The van der Waals surface area contributed by atoms with Crippen molar-refractivity contribution in [1.82, 2.24) is 10.2 Å². The van der Waals surface area contributed by atoms with Crippen LogP contribution in [0.5, 0.6) is 0 Å². The molecule has 25 heavy (non-hydrogen) atoms. The third kappa shape index (κ3) is 5.31. The van der Waals surface area contributed by atoms with E-state index in [9.17, 15) is 9.59 Å². The van der Waals surface area contributed by atoms with Gasteiger partial charge >= 0.3 is 0 Å². The number of hydrogen-bond donors (Lipinski definition) is 2. The van der Waals surface area contributed by atoms with Crippen molar-refractivity contribution >= 4 is 40.7 Å². The molecule has 1 aliphatic heterocycles. The molecule has 6 nitrogen and oxygen atoms in total. The van der Waals surface area contributed by atoms with Crippen molar-refractivity contribution in [2.45, 2.75) is 6.42 Å². The van der Waals surface area contributed by atoms with Crippen LogP contribution < -0.4 is 10.6 Å². The van der Waals surface area contributed by atoms with Crippen LogP contribution in [0.25, 0.3) is 0 Å². The maximum atomic E-state index is 12.2. The Balaban J connectivity index is 1.40. The van der Waals surface area contributed by atoms with E-state index in [4.69, 9.17) is 27.9 Å².